The first-order valence-corrected chi connectivity index (χ1v) is 12.1. The van der Waals surface area contributed by atoms with Crippen LogP contribution in [0.2, 0.25) is 5.02 Å². The maximum atomic E-state index is 12.8. The van der Waals surface area contributed by atoms with Crippen molar-refractivity contribution in [3.63, 3.8) is 0 Å². The van der Waals surface area contributed by atoms with Crippen molar-refractivity contribution < 1.29 is 22.7 Å². The van der Waals surface area contributed by atoms with Crippen LogP contribution >= 0.6 is 11.6 Å². The van der Waals surface area contributed by atoms with Crippen molar-refractivity contribution in [1.82, 2.24) is 10.0 Å². The minimum Gasteiger partial charge on any atom is -0.493 e. The van der Waals surface area contributed by atoms with Gasteiger partial charge in [0.25, 0.3) is 5.91 Å². The van der Waals surface area contributed by atoms with Crippen LogP contribution in [0.25, 0.3) is 0 Å². The van der Waals surface area contributed by atoms with Crippen molar-refractivity contribution in [2.24, 2.45) is 0 Å². The van der Waals surface area contributed by atoms with Gasteiger partial charge in [0.05, 0.1) is 24.3 Å². The Balaban J connectivity index is 2.26. The first kappa shape index (κ1) is 26.0. The second-order valence-electron chi connectivity index (χ2n) is 8.77. The molecular formula is C23H31ClN2O5S. The van der Waals surface area contributed by atoms with Gasteiger partial charge in [-0.15, -0.1) is 0 Å². The van der Waals surface area contributed by atoms with Gasteiger partial charge in [0, 0.05) is 11.1 Å². The average Bonchev–Trinajstić information content (AvgIpc) is 2.66. The van der Waals surface area contributed by atoms with Gasteiger partial charge in [-0.05, 0) is 77.4 Å². The number of hydrogen-bond donors (Lipinski definition) is 2. The van der Waals surface area contributed by atoms with Crippen molar-refractivity contribution in [2.45, 2.75) is 64.1 Å². The number of hydrogen-bond acceptors (Lipinski definition) is 5. The number of halogens is 1. The summed E-state index contributed by atoms with van der Waals surface area (Å²) >= 11 is 6.12. The molecule has 0 bridgehead atoms. The smallest absolute Gasteiger partial charge is 0.251 e. The van der Waals surface area contributed by atoms with Gasteiger partial charge in [-0.25, -0.2) is 13.1 Å². The lowest BCUT2D eigenvalue weighted by atomic mass is 10.1. The van der Waals surface area contributed by atoms with E-state index in [1.165, 1.54) is 18.2 Å². The van der Waals surface area contributed by atoms with Crippen LogP contribution in [0.5, 0.6) is 11.5 Å². The fourth-order valence-corrected chi connectivity index (χ4v) is 4.92. The van der Waals surface area contributed by atoms with Gasteiger partial charge in [-0.2, -0.15) is 0 Å². The van der Waals surface area contributed by atoms with Gasteiger partial charge in [-0.1, -0.05) is 17.7 Å². The fourth-order valence-electron chi connectivity index (χ4n) is 2.98. The van der Waals surface area contributed by atoms with Gasteiger partial charge < -0.3 is 14.8 Å². The van der Waals surface area contributed by atoms with E-state index in [0.29, 0.717) is 11.5 Å². The van der Waals surface area contributed by atoms with E-state index < -0.39 is 21.5 Å². The number of methoxy groups -OCH3 is 1. The number of carbonyl (C=O) groups excluding carboxylic acids is 1. The van der Waals surface area contributed by atoms with E-state index in [-0.39, 0.29) is 27.6 Å². The number of sulfonamides is 1. The molecule has 32 heavy (non-hydrogen) atoms. The van der Waals surface area contributed by atoms with Crippen LogP contribution < -0.4 is 19.5 Å². The molecule has 2 aromatic rings. The molecule has 0 aliphatic carbocycles. The molecule has 0 saturated heterocycles. The number of benzene rings is 2. The Bertz CT molecular complexity index is 1080. The van der Waals surface area contributed by atoms with E-state index in [9.17, 15) is 13.2 Å². The zero-order valence-corrected chi connectivity index (χ0v) is 21.0. The Morgan fingerprint density at radius 2 is 1.69 bits per heavy atom. The lowest BCUT2D eigenvalue weighted by molar-refractivity contribution is 0.0939. The third-order valence-electron chi connectivity index (χ3n) is 4.32. The first-order valence-electron chi connectivity index (χ1n) is 10.2. The van der Waals surface area contributed by atoms with Crippen LogP contribution in [0.1, 0.15) is 63.5 Å². The maximum Gasteiger partial charge on any atom is 0.251 e. The van der Waals surface area contributed by atoms with Crippen LogP contribution in [-0.2, 0) is 10.0 Å². The molecule has 0 heterocycles. The summed E-state index contributed by atoms with van der Waals surface area (Å²) in [6.45, 7) is 10.8. The lowest BCUT2D eigenvalue weighted by Gasteiger charge is -2.21. The van der Waals surface area contributed by atoms with Crippen LogP contribution in [0.4, 0.5) is 0 Å². The molecule has 1 unspecified atom stereocenters. The number of rotatable bonds is 8. The third-order valence-corrected chi connectivity index (χ3v) is 6.56. The molecular weight excluding hydrogens is 452 g/mol. The molecule has 0 radical (unpaired) electrons. The monoisotopic (exact) mass is 482 g/mol. The molecule has 0 aromatic heterocycles. The van der Waals surface area contributed by atoms with Gasteiger partial charge in [0.1, 0.15) is 4.90 Å². The minimum atomic E-state index is -3.90. The molecule has 0 saturated carbocycles. The van der Waals surface area contributed by atoms with E-state index in [1.54, 1.807) is 40.0 Å². The number of amides is 1. The third kappa shape index (κ3) is 6.85. The largest absolute Gasteiger partial charge is 0.493 e. The second-order valence-corrected chi connectivity index (χ2v) is 10.8. The van der Waals surface area contributed by atoms with Crippen molar-refractivity contribution in [3.8, 4) is 11.5 Å². The van der Waals surface area contributed by atoms with E-state index in [4.69, 9.17) is 21.1 Å². The normalized spacial score (nSPS) is 13.0. The van der Waals surface area contributed by atoms with Crippen molar-refractivity contribution in [3.05, 3.63) is 52.5 Å². The molecule has 0 spiro atoms. The summed E-state index contributed by atoms with van der Waals surface area (Å²) in [6.07, 6.45) is -0.00460. The highest BCUT2D eigenvalue weighted by Gasteiger charge is 2.25. The standard InChI is InChI=1S/C23H31ClN2O5S/c1-14(2)31-19-11-9-16(12-20(19)30-7)15(3)25-22(27)17-8-10-18(24)21(13-17)32(28,29)26-23(4,5)6/h8-15,26H,1-7H3,(H,25,27). The number of carbonyl (C=O) groups is 1. The number of ether oxygens (including phenoxy) is 2. The summed E-state index contributed by atoms with van der Waals surface area (Å²) in [5.41, 5.74) is 0.296. The van der Waals surface area contributed by atoms with Crippen molar-refractivity contribution >= 4 is 27.5 Å². The van der Waals surface area contributed by atoms with Gasteiger partial charge >= 0.3 is 0 Å². The highest BCUT2D eigenvalue weighted by Crippen LogP contribution is 2.31. The maximum absolute atomic E-state index is 12.8. The summed E-state index contributed by atoms with van der Waals surface area (Å²) in [6, 6.07) is 9.23. The van der Waals surface area contributed by atoms with Crippen LogP contribution in [0.3, 0.4) is 0 Å². The Hall–Kier alpha value is -2.29. The Kier molecular flexibility index (Phi) is 8.20. The van der Waals surface area contributed by atoms with E-state index in [0.717, 1.165) is 5.56 Å². The average molecular weight is 483 g/mol. The molecule has 2 N–H and O–H groups in total. The number of nitrogens with one attached hydrogen (secondary N) is 2. The van der Waals surface area contributed by atoms with Crippen LogP contribution in [0.15, 0.2) is 41.3 Å². The summed E-state index contributed by atoms with van der Waals surface area (Å²) in [5.74, 6) is 0.747. The zero-order chi connectivity index (χ0) is 24.3. The van der Waals surface area contributed by atoms with E-state index >= 15 is 0 Å². The molecule has 2 rings (SSSR count). The zero-order valence-electron chi connectivity index (χ0n) is 19.4. The fraction of sp³-hybridized carbons (Fsp3) is 0.435. The molecule has 0 aliphatic heterocycles. The molecule has 1 amide bonds. The predicted octanol–water partition coefficient (Wildman–Crippen LogP) is 4.70. The topological polar surface area (TPSA) is 93.7 Å². The van der Waals surface area contributed by atoms with Crippen molar-refractivity contribution in [1.29, 1.82) is 0 Å². The van der Waals surface area contributed by atoms with Gasteiger partial charge in [0.2, 0.25) is 10.0 Å². The van der Waals surface area contributed by atoms with E-state index in [2.05, 4.69) is 10.0 Å². The highest BCUT2D eigenvalue weighted by atomic mass is 35.5. The second kappa shape index (κ2) is 10.1. The van der Waals surface area contributed by atoms with Crippen molar-refractivity contribution in [2.75, 3.05) is 7.11 Å². The SMILES string of the molecule is COc1cc(C(C)NC(=O)c2ccc(Cl)c(S(=O)(=O)NC(C)(C)C)c2)ccc1OC(C)C. The molecule has 9 heteroatoms. The van der Waals surface area contributed by atoms with E-state index in [1.807, 2.05) is 26.8 Å². The van der Waals surface area contributed by atoms with Crippen LogP contribution in [-0.4, -0.2) is 33.1 Å². The van der Waals surface area contributed by atoms with Gasteiger partial charge in [-0.3, -0.25) is 4.79 Å². The molecule has 0 aliphatic rings. The molecule has 1 atom stereocenters. The Morgan fingerprint density at radius 3 is 2.25 bits per heavy atom. The Labute approximate surface area is 195 Å². The van der Waals surface area contributed by atoms with Gasteiger partial charge in [0.15, 0.2) is 11.5 Å². The highest BCUT2D eigenvalue weighted by molar-refractivity contribution is 7.89. The quantitative estimate of drug-likeness (QED) is 0.568. The predicted molar refractivity (Wildman–Crippen MR) is 126 cm³/mol. The molecule has 176 valence electrons. The van der Waals surface area contributed by atoms with Crippen LogP contribution in [0, 0.1) is 0 Å². The summed E-state index contributed by atoms with van der Waals surface area (Å²) in [7, 11) is -2.35. The first-order chi connectivity index (χ1) is 14.7. The molecule has 2 aromatic carbocycles. The molecule has 0 fully saturated rings. The minimum absolute atomic E-state index is 0.00460. The summed E-state index contributed by atoms with van der Waals surface area (Å²) in [5, 5.41) is 2.92. The molecule has 7 nitrogen and oxygen atoms in total. The Morgan fingerprint density at radius 1 is 1.03 bits per heavy atom. The summed E-state index contributed by atoms with van der Waals surface area (Å²) < 4.78 is 39.1. The summed E-state index contributed by atoms with van der Waals surface area (Å²) in [4.78, 5) is 12.7. The lowest BCUT2D eigenvalue weighted by Crippen LogP contribution is -2.40.